The lowest BCUT2D eigenvalue weighted by molar-refractivity contribution is 0.123. The fourth-order valence-corrected chi connectivity index (χ4v) is 1.74. The zero-order chi connectivity index (χ0) is 13.5. The SMILES string of the molecule is N=C(N)c1cccc(COCCc2ccccn2)c1. The second-order valence-electron chi connectivity index (χ2n) is 4.24. The van der Waals surface area contributed by atoms with Crippen LogP contribution >= 0.6 is 0 Å². The molecule has 0 aliphatic carbocycles. The van der Waals surface area contributed by atoms with Crippen molar-refractivity contribution < 1.29 is 4.74 Å². The summed E-state index contributed by atoms with van der Waals surface area (Å²) in [6.07, 6.45) is 2.58. The molecule has 4 nitrogen and oxygen atoms in total. The van der Waals surface area contributed by atoms with E-state index in [2.05, 4.69) is 4.98 Å². The van der Waals surface area contributed by atoms with Crippen LogP contribution in [0, 0.1) is 5.41 Å². The number of nitrogens with two attached hydrogens (primary N) is 1. The zero-order valence-corrected chi connectivity index (χ0v) is 10.7. The maximum atomic E-state index is 7.39. The molecule has 1 aromatic heterocycles. The first-order chi connectivity index (χ1) is 9.25. The van der Waals surface area contributed by atoms with E-state index in [1.807, 2.05) is 42.5 Å². The van der Waals surface area contributed by atoms with Crippen molar-refractivity contribution in [2.45, 2.75) is 13.0 Å². The number of nitrogens with zero attached hydrogens (tertiary/aromatic N) is 1. The maximum absolute atomic E-state index is 7.39. The monoisotopic (exact) mass is 255 g/mol. The minimum absolute atomic E-state index is 0.0790. The molecule has 0 saturated heterocycles. The number of hydrogen-bond acceptors (Lipinski definition) is 3. The minimum atomic E-state index is 0.0790. The van der Waals surface area contributed by atoms with Crippen LogP contribution in [-0.2, 0) is 17.8 Å². The summed E-state index contributed by atoms with van der Waals surface area (Å²) < 4.78 is 5.61. The summed E-state index contributed by atoms with van der Waals surface area (Å²) >= 11 is 0. The second kappa shape index (κ2) is 6.66. The third kappa shape index (κ3) is 4.19. The molecular formula is C15H17N3O. The van der Waals surface area contributed by atoms with Gasteiger partial charge in [0, 0.05) is 23.9 Å². The van der Waals surface area contributed by atoms with Gasteiger partial charge in [0.2, 0.25) is 0 Å². The molecule has 98 valence electrons. The topological polar surface area (TPSA) is 72.0 Å². The predicted molar refractivity (Wildman–Crippen MR) is 75.1 cm³/mol. The van der Waals surface area contributed by atoms with E-state index in [1.165, 1.54) is 0 Å². The number of hydrogen-bond donors (Lipinski definition) is 2. The second-order valence-corrected chi connectivity index (χ2v) is 4.24. The van der Waals surface area contributed by atoms with E-state index in [-0.39, 0.29) is 5.84 Å². The van der Waals surface area contributed by atoms with Gasteiger partial charge in [-0.05, 0) is 23.8 Å². The summed E-state index contributed by atoms with van der Waals surface area (Å²) in [6, 6.07) is 13.4. The van der Waals surface area contributed by atoms with Crippen LogP contribution in [0.25, 0.3) is 0 Å². The molecule has 0 amide bonds. The number of nitrogen functional groups attached to an aromatic ring is 1. The predicted octanol–water partition coefficient (Wildman–Crippen LogP) is 2.12. The molecule has 0 aliphatic heterocycles. The highest BCUT2D eigenvalue weighted by Gasteiger charge is 1.99. The van der Waals surface area contributed by atoms with E-state index >= 15 is 0 Å². The van der Waals surface area contributed by atoms with Gasteiger partial charge in [0.1, 0.15) is 5.84 Å². The summed E-state index contributed by atoms with van der Waals surface area (Å²) in [4.78, 5) is 4.24. The number of rotatable bonds is 6. The summed E-state index contributed by atoms with van der Waals surface area (Å²) in [7, 11) is 0. The minimum Gasteiger partial charge on any atom is -0.384 e. The largest absolute Gasteiger partial charge is 0.384 e. The molecular weight excluding hydrogens is 238 g/mol. The van der Waals surface area contributed by atoms with Crippen LogP contribution in [0.5, 0.6) is 0 Å². The lowest BCUT2D eigenvalue weighted by Crippen LogP contribution is -2.11. The summed E-state index contributed by atoms with van der Waals surface area (Å²) in [6.45, 7) is 1.15. The third-order valence-corrected chi connectivity index (χ3v) is 2.74. The first-order valence-electron chi connectivity index (χ1n) is 6.16. The Kier molecular flexibility index (Phi) is 4.64. The van der Waals surface area contributed by atoms with E-state index in [9.17, 15) is 0 Å². The van der Waals surface area contributed by atoms with Crippen LogP contribution in [0.2, 0.25) is 0 Å². The number of ether oxygens (including phenoxy) is 1. The van der Waals surface area contributed by atoms with Gasteiger partial charge >= 0.3 is 0 Å². The number of benzene rings is 1. The average molecular weight is 255 g/mol. The first-order valence-corrected chi connectivity index (χ1v) is 6.16. The average Bonchev–Trinajstić information content (AvgIpc) is 2.45. The van der Waals surface area contributed by atoms with Gasteiger partial charge in [0.15, 0.2) is 0 Å². The Morgan fingerprint density at radius 3 is 2.84 bits per heavy atom. The van der Waals surface area contributed by atoms with Crippen molar-refractivity contribution in [2.75, 3.05) is 6.61 Å². The van der Waals surface area contributed by atoms with Crippen molar-refractivity contribution in [1.82, 2.24) is 4.98 Å². The molecule has 0 unspecified atom stereocenters. The Bertz CT molecular complexity index is 540. The van der Waals surface area contributed by atoms with Gasteiger partial charge in [-0.1, -0.05) is 24.3 Å². The van der Waals surface area contributed by atoms with Crippen LogP contribution < -0.4 is 5.73 Å². The molecule has 1 aromatic carbocycles. The van der Waals surface area contributed by atoms with Gasteiger partial charge < -0.3 is 10.5 Å². The molecule has 19 heavy (non-hydrogen) atoms. The summed E-state index contributed by atoms with van der Waals surface area (Å²) in [5.41, 5.74) is 8.23. The number of amidine groups is 1. The molecule has 2 rings (SSSR count). The Labute approximate surface area is 112 Å². The lowest BCUT2D eigenvalue weighted by Gasteiger charge is -2.06. The Morgan fingerprint density at radius 2 is 2.11 bits per heavy atom. The van der Waals surface area contributed by atoms with Gasteiger partial charge in [-0.25, -0.2) is 0 Å². The highest BCUT2D eigenvalue weighted by Crippen LogP contribution is 2.06. The molecule has 1 heterocycles. The molecule has 0 atom stereocenters. The molecule has 0 bridgehead atoms. The number of nitrogens with one attached hydrogen (secondary N) is 1. The van der Waals surface area contributed by atoms with Crippen molar-refractivity contribution >= 4 is 5.84 Å². The van der Waals surface area contributed by atoms with Gasteiger partial charge in [0.25, 0.3) is 0 Å². The smallest absolute Gasteiger partial charge is 0.122 e. The van der Waals surface area contributed by atoms with Crippen molar-refractivity contribution in [2.24, 2.45) is 5.73 Å². The van der Waals surface area contributed by atoms with Gasteiger partial charge in [-0.3, -0.25) is 10.4 Å². The molecule has 0 spiro atoms. The van der Waals surface area contributed by atoms with E-state index in [4.69, 9.17) is 15.9 Å². The standard InChI is InChI=1S/C15H17N3O/c16-15(17)13-5-3-4-12(10-13)11-19-9-7-14-6-1-2-8-18-14/h1-6,8,10H,7,9,11H2,(H3,16,17). The first kappa shape index (κ1) is 13.2. The van der Waals surface area contributed by atoms with Crippen molar-refractivity contribution in [1.29, 1.82) is 5.41 Å². The van der Waals surface area contributed by atoms with E-state index < -0.39 is 0 Å². The van der Waals surface area contributed by atoms with Gasteiger partial charge in [-0.2, -0.15) is 0 Å². The lowest BCUT2D eigenvalue weighted by atomic mass is 10.1. The highest BCUT2D eigenvalue weighted by molar-refractivity contribution is 5.95. The van der Waals surface area contributed by atoms with E-state index in [0.29, 0.717) is 13.2 Å². The molecule has 0 saturated carbocycles. The normalized spacial score (nSPS) is 10.3. The van der Waals surface area contributed by atoms with Gasteiger partial charge in [-0.15, -0.1) is 0 Å². The number of pyridine rings is 1. The van der Waals surface area contributed by atoms with E-state index in [1.54, 1.807) is 6.20 Å². The summed E-state index contributed by atoms with van der Waals surface area (Å²) in [5, 5.41) is 7.39. The third-order valence-electron chi connectivity index (χ3n) is 2.74. The molecule has 0 aliphatic rings. The Hall–Kier alpha value is -2.20. The van der Waals surface area contributed by atoms with Crippen LogP contribution in [-0.4, -0.2) is 17.4 Å². The Balaban J connectivity index is 1.80. The fourth-order valence-electron chi connectivity index (χ4n) is 1.74. The number of aromatic nitrogens is 1. The molecule has 0 fully saturated rings. The molecule has 4 heteroatoms. The Morgan fingerprint density at radius 1 is 1.21 bits per heavy atom. The molecule has 0 radical (unpaired) electrons. The van der Waals surface area contributed by atoms with E-state index in [0.717, 1.165) is 23.2 Å². The van der Waals surface area contributed by atoms with Crippen LogP contribution in [0.3, 0.4) is 0 Å². The van der Waals surface area contributed by atoms with Crippen LogP contribution in [0.1, 0.15) is 16.8 Å². The van der Waals surface area contributed by atoms with Gasteiger partial charge in [0.05, 0.1) is 13.2 Å². The molecule has 3 N–H and O–H groups in total. The quantitative estimate of drug-likeness (QED) is 0.472. The zero-order valence-electron chi connectivity index (χ0n) is 10.7. The fraction of sp³-hybridized carbons (Fsp3) is 0.200. The molecule has 2 aromatic rings. The van der Waals surface area contributed by atoms with Crippen molar-refractivity contribution in [3.05, 3.63) is 65.5 Å². The highest BCUT2D eigenvalue weighted by atomic mass is 16.5. The van der Waals surface area contributed by atoms with Crippen LogP contribution in [0.15, 0.2) is 48.7 Å². The maximum Gasteiger partial charge on any atom is 0.122 e. The van der Waals surface area contributed by atoms with Crippen molar-refractivity contribution in [3.63, 3.8) is 0 Å². The summed E-state index contributed by atoms with van der Waals surface area (Å²) in [5.74, 6) is 0.0790. The van der Waals surface area contributed by atoms with Crippen molar-refractivity contribution in [3.8, 4) is 0 Å². The van der Waals surface area contributed by atoms with Crippen LogP contribution in [0.4, 0.5) is 0 Å².